The first kappa shape index (κ1) is 65.2. The lowest BCUT2D eigenvalue weighted by molar-refractivity contribution is -0.303. The monoisotopic (exact) mass is 970 g/mol. The van der Waals surface area contributed by atoms with Crippen LogP contribution in [0.1, 0.15) is 303 Å². The quantitative estimate of drug-likeness (QED) is 0.0293. The lowest BCUT2D eigenvalue weighted by atomic mass is 9.98. The van der Waals surface area contributed by atoms with Crippen molar-refractivity contribution in [2.24, 2.45) is 0 Å². The van der Waals surface area contributed by atoms with Crippen LogP contribution in [0.5, 0.6) is 0 Å². The Morgan fingerprint density at radius 3 is 1.09 bits per heavy atom. The van der Waals surface area contributed by atoms with Gasteiger partial charge in [-0.3, -0.25) is 4.79 Å². The highest BCUT2D eigenvalue weighted by Gasteiger charge is 2.44. The maximum Gasteiger partial charge on any atom is 0.220 e. The molecule has 7 N–H and O–H groups in total. The summed E-state index contributed by atoms with van der Waals surface area (Å²) in [6.45, 7) is 3.60. The van der Waals surface area contributed by atoms with Gasteiger partial charge in [0.15, 0.2) is 6.29 Å². The Hall–Kier alpha value is -0.850. The van der Waals surface area contributed by atoms with Crippen molar-refractivity contribution in [2.75, 3.05) is 13.2 Å². The first-order valence-electron chi connectivity index (χ1n) is 29.8. The minimum Gasteiger partial charge on any atom is -0.394 e. The third kappa shape index (κ3) is 37.0. The summed E-state index contributed by atoms with van der Waals surface area (Å²) >= 11 is 0. The minimum atomic E-state index is -1.60. The molecular formula is C58H115NO9. The Bertz CT molecular complexity index is 1050. The zero-order valence-electron chi connectivity index (χ0n) is 44.8. The second kappa shape index (κ2) is 48.4. The molecule has 1 saturated heterocycles. The number of ether oxygens (including phenoxy) is 2. The van der Waals surface area contributed by atoms with E-state index in [-0.39, 0.29) is 18.9 Å². The summed E-state index contributed by atoms with van der Waals surface area (Å²) in [7, 11) is 0. The molecule has 10 heteroatoms. The van der Waals surface area contributed by atoms with E-state index in [1.165, 1.54) is 231 Å². The third-order valence-electron chi connectivity index (χ3n) is 14.8. The molecule has 0 radical (unpaired) electrons. The van der Waals surface area contributed by atoms with E-state index in [2.05, 4.69) is 19.2 Å². The molecular weight excluding hydrogens is 855 g/mol. The second-order valence-electron chi connectivity index (χ2n) is 21.3. The van der Waals surface area contributed by atoms with E-state index in [0.717, 1.165) is 44.9 Å². The van der Waals surface area contributed by atoms with Crippen molar-refractivity contribution >= 4 is 5.91 Å². The fourth-order valence-electron chi connectivity index (χ4n) is 10.0. The molecule has 0 aromatic carbocycles. The average molecular weight is 971 g/mol. The Morgan fingerprint density at radius 1 is 0.456 bits per heavy atom. The molecule has 1 aliphatic rings. The molecule has 0 saturated carbocycles. The molecule has 10 nitrogen and oxygen atoms in total. The molecule has 0 aromatic rings. The van der Waals surface area contributed by atoms with Crippen molar-refractivity contribution in [1.82, 2.24) is 5.32 Å². The van der Waals surface area contributed by atoms with E-state index in [1.807, 2.05) is 0 Å². The number of nitrogens with one attached hydrogen (secondary N) is 1. The van der Waals surface area contributed by atoms with Crippen molar-refractivity contribution in [3.63, 3.8) is 0 Å². The summed E-state index contributed by atoms with van der Waals surface area (Å²) in [5.74, 6) is -0.253. The van der Waals surface area contributed by atoms with Gasteiger partial charge >= 0.3 is 0 Å². The highest BCUT2D eigenvalue weighted by Crippen LogP contribution is 2.24. The van der Waals surface area contributed by atoms with Gasteiger partial charge in [0.25, 0.3) is 0 Å². The summed E-state index contributed by atoms with van der Waals surface area (Å²) in [5.41, 5.74) is 0. The van der Waals surface area contributed by atoms with E-state index in [9.17, 15) is 35.4 Å². The number of carbonyl (C=O) groups excluding carboxylic acids is 1. The summed E-state index contributed by atoms with van der Waals surface area (Å²) in [4.78, 5) is 13.0. The van der Waals surface area contributed by atoms with E-state index in [1.54, 1.807) is 0 Å². The molecule has 1 heterocycles. The fourth-order valence-corrected chi connectivity index (χ4v) is 10.0. The first-order chi connectivity index (χ1) is 33.3. The number of hydrogen-bond donors (Lipinski definition) is 7. The van der Waals surface area contributed by atoms with Crippen LogP contribution in [0.15, 0.2) is 0 Å². The average Bonchev–Trinajstić information content (AvgIpc) is 3.34. The van der Waals surface area contributed by atoms with Crippen LogP contribution in [0.3, 0.4) is 0 Å². The van der Waals surface area contributed by atoms with Gasteiger partial charge in [0, 0.05) is 6.42 Å². The predicted octanol–water partition coefficient (Wildman–Crippen LogP) is 13.6. The SMILES string of the molecule is CCCCCCCCCCCCCCCCCCCCCCCCCCCCCCCCCCCCCC(=O)N[C@@H](CO[C@@H]1O[C@H](CO)[C@H](O)C(O)C1O)[C@H](O)[C@H](O)CCCCCCCCCC. The molecule has 1 rings (SSSR count). The molecule has 1 amide bonds. The van der Waals surface area contributed by atoms with Gasteiger partial charge in [-0.1, -0.05) is 284 Å². The highest BCUT2D eigenvalue weighted by atomic mass is 16.7. The largest absolute Gasteiger partial charge is 0.394 e. The van der Waals surface area contributed by atoms with Crippen LogP contribution >= 0.6 is 0 Å². The number of hydrogen-bond acceptors (Lipinski definition) is 9. The molecule has 0 aromatic heterocycles. The topological polar surface area (TPSA) is 169 Å². The van der Waals surface area contributed by atoms with Gasteiger partial charge in [-0.15, -0.1) is 0 Å². The van der Waals surface area contributed by atoms with E-state index >= 15 is 0 Å². The zero-order valence-corrected chi connectivity index (χ0v) is 44.8. The Balaban J connectivity index is 2.03. The number of unbranched alkanes of at least 4 members (excludes halogenated alkanes) is 41. The van der Waals surface area contributed by atoms with Crippen molar-refractivity contribution in [3.05, 3.63) is 0 Å². The number of aliphatic hydroxyl groups is 6. The van der Waals surface area contributed by atoms with Crippen LogP contribution in [0.25, 0.3) is 0 Å². The van der Waals surface area contributed by atoms with E-state index in [4.69, 9.17) is 9.47 Å². The van der Waals surface area contributed by atoms with Crippen LogP contribution in [0.4, 0.5) is 0 Å². The van der Waals surface area contributed by atoms with E-state index < -0.39 is 55.6 Å². The van der Waals surface area contributed by atoms with E-state index in [0.29, 0.717) is 6.42 Å². The number of aliphatic hydroxyl groups excluding tert-OH is 6. The Morgan fingerprint density at radius 2 is 0.765 bits per heavy atom. The fraction of sp³-hybridized carbons (Fsp3) is 0.983. The normalized spacial score (nSPS) is 19.9. The van der Waals surface area contributed by atoms with Crippen molar-refractivity contribution in [2.45, 2.75) is 352 Å². The molecule has 2 unspecified atom stereocenters. The van der Waals surface area contributed by atoms with Crippen LogP contribution < -0.4 is 5.32 Å². The first-order valence-corrected chi connectivity index (χ1v) is 29.8. The molecule has 0 bridgehead atoms. The van der Waals surface area contributed by atoms with Gasteiger partial charge in [-0.05, 0) is 12.8 Å². The molecule has 1 fully saturated rings. The Kier molecular flexibility index (Phi) is 46.4. The summed E-state index contributed by atoms with van der Waals surface area (Å²) in [6.07, 6.45) is 47.6. The van der Waals surface area contributed by atoms with Crippen molar-refractivity contribution < 1.29 is 44.9 Å². The molecule has 1 aliphatic heterocycles. The van der Waals surface area contributed by atoms with Gasteiger partial charge in [-0.25, -0.2) is 0 Å². The predicted molar refractivity (Wildman–Crippen MR) is 283 cm³/mol. The number of rotatable bonds is 52. The highest BCUT2D eigenvalue weighted by molar-refractivity contribution is 5.76. The molecule has 68 heavy (non-hydrogen) atoms. The van der Waals surface area contributed by atoms with Gasteiger partial charge < -0.3 is 45.4 Å². The van der Waals surface area contributed by atoms with Crippen LogP contribution in [-0.4, -0.2) is 98.7 Å². The van der Waals surface area contributed by atoms with Gasteiger partial charge in [0.2, 0.25) is 5.91 Å². The molecule has 0 spiro atoms. The van der Waals surface area contributed by atoms with Gasteiger partial charge in [0.05, 0.1) is 25.4 Å². The van der Waals surface area contributed by atoms with Gasteiger partial charge in [-0.2, -0.15) is 0 Å². The third-order valence-corrected chi connectivity index (χ3v) is 14.8. The van der Waals surface area contributed by atoms with Crippen molar-refractivity contribution in [3.8, 4) is 0 Å². The smallest absolute Gasteiger partial charge is 0.220 e. The maximum atomic E-state index is 13.0. The number of amides is 1. The minimum absolute atomic E-state index is 0.253. The molecule has 8 atom stereocenters. The molecule has 406 valence electrons. The lowest BCUT2D eigenvalue weighted by Gasteiger charge is -2.40. The van der Waals surface area contributed by atoms with Crippen LogP contribution in [-0.2, 0) is 14.3 Å². The summed E-state index contributed by atoms with van der Waals surface area (Å²) < 4.78 is 11.2. The summed E-state index contributed by atoms with van der Waals surface area (Å²) in [5, 5.41) is 65.1. The lowest BCUT2D eigenvalue weighted by Crippen LogP contribution is -2.60. The molecule has 0 aliphatic carbocycles. The number of carbonyl (C=O) groups is 1. The van der Waals surface area contributed by atoms with Gasteiger partial charge in [0.1, 0.15) is 30.5 Å². The zero-order chi connectivity index (χ0) is 49.6. The summed E-state index contributed by atoms with van der Waals surface area (Å²) in [6, 6.07) is -0.984. The Labute approximate surface area is 419 Å². The second-order valence-corrected chi connectivity index (χ2v) is 21.3. The van der Waals surface area contributed by atoms with Crippen molar-refractivity contribution in [1.29, 1.82) is 0 Å². The maximum absolute atomic E-state index is 13.0. The standard InChI is InChI=1S/C58H115NO9/c1-3-5-7-9-11-13-14-15-16-17-18-19-20-21-22-23-24-25-26-27-28-29-30-31-32-33-34-35-36-37-38-39-41-43-45-47-53(62)59-50(49-67-58-57(66)56(65)55(64)52(48-60)68-58)54(63)51(61)46-44-42-40-12-10-8-6-4-2/h50-52,54-58,60-61,63-66H,3-49H2,1-2H3,(H,59,62)/t50-,51+,52+,54-,55-,56?,57?,58+/m0/s1. The van der Waals surface area contributed by atoms with Crippen LogP contribution in [0, 0.1) is 0 Å². The van der Waals surface area contributed by atoms with Crippen LogP contribution in [0.2, 0.25) is 0 Å².